The Balaban J connectivity index is -0.0000000446. The van der Waals surface area contributed by atoms with Gasteiger partial charge >= 0.3 is 122 Å². The van der Waals surface area contributed by atoms with E-state index in [2.05, 4.69) is 76.3 Å². The van der Waals surface area contributed by atoms with Gasteiger partial charge in [-0.3, -0.25) is 0 Å². The van der Waals surface area contributed by atoms with Crippen molar-refractivity contribution < 1.29 is 33.9 Å². The monoisotopic (exact) mass is 616 g/mol. The van der Waals surface area contributed by atoms with Gasteiger partial charge in [-0.25, -0.2) is 0 Å². The maximum absolute atomic E-state index is 8.45. The molecule has 0 aliphatic carbocycles. The van der Waals surface area contributed by atoms with Gasteiger partial charge in [0.2, 0.25) is 0 Å². The molecule has 0 atom stereocenters. The number of halogens is 3. The minimum Gasteiger partial charge on any atom is -0.525 e. The average Bonchev–Trinajstić information content (AvgIpc) is 2.54. The molecule has 0 unspecified atom stereocenters. The van der Waals surface area contributed by atoms with Crippen LogP contribution in [0, 0.1) is 0 Å². The third-order valence-corrected chi connectivity index (χ3v) is 13.9. The van der Waals surface area contributed by atoms with Crippen LogP contribution in [-0.4, -0.2) is 46.5 Å². The fourth-order valence-corrected chi connectivity index (χ4v) is 6.97. The number of rotatable bonds is 6. The van der Waals surface area contributed by atoms with Gasteiger partial charge < -0.3 is 49.2 Å². The largest absolute Gasteiger partial charge is 3.00 e. The summed E-state index contributed by atoms with van der Waals surface area (Å²) in [6.45, 7) is 14.0. The molecule has 0 saturated heterocycles. The molecular formula is C15H30As2Cl3O3Rh. The first-order valence-corrected chi connectivity index (χ1v) is 16.4. The van der Waals surface area contributed by atoms with E-state index in [4.69, 9.17) is 14.4 Å². The van der Waals surface area contributed by atoms with E-state index in [-0.39, 0.29) is 48.8 Å². The van der Waals surface area contributed by atoms with Crippen LogP contribution in [0.4, 0.5) is 0 Å². The topological polar surface area (TPSA) is 51.2 Å². The summed E-state index contributed by atoms with van der Waals surface area (Å²) >= 11 is 12.1. The molecule has 3 nitrogen and oxygen atoms in total. The Bertz CT molecular complexity index is 173. The van der Waals surface area contributed by atoms with Crippen LogP contribution >= 0.6 is 34.8 Å². The maximum atomic E-state index is 8.45. The van der Waals surface area contributed by atoms with Crippen LogP contribution in [0.3, 0.4) is 0 Å². The van der Waals surface area contributed by atoms with Gasteiger partial charge in [-0.2, -0.15) is 17.2 Å². The molecule has 0 aromatic heterocycles. The molecule has 0 aliphatic rings. The van der Waals surface area contributed by atoms with Crippen molar-refractivity contribution in [1.82, 2.24) is 0 Å². The Morgan fingerprint density at radius 2 is 0.625 bits per heavy atom. The predicted octanol–water partition coefficient (Wildman–Crippen LogP) is 5.96. The van der Waals surface area contributed by atoms with Crippen LogP contribution in [0.5, 0.6) is 0 Å². The molecule has 0 aliphatic heterocycles. The van der Waals surface area contributed by atoms with Crippen LogP contribution in [-0.2, 0) is 33.9 Å². The number of hydrogen-bond donors (Lipinski definition) is 0. The summed E-state index contributed by atoms with van der Waals surface area (Å²) in [6.07, 6.45) is 0. The fraction of sp³-hybridized carbons (Fsp3) is 0.800. The fourth-order valence-electron chi connectivity index (χ4n) is 1.34. The van der Waals surface area contributed by atoms with Crippen molar-refractivity contribution in [3.05, 3.63) is 0 Å². The zero-order valence-corrected chi connectivity index (χ0v) is 23.0. The van der Waals surface area contributed by atoms with Gasteiger partial charge in [0.15, 0.2) is 0 Å². The third-order valence-electron chi connectivity index (χ3n) is 2.68. The first kappa shape index (κ1) is 40.3. The second kappa shape index (κ2) is 49.7. The van der Waals surface area contributed by atoms with E-state index in [0.717, 1.165) is 17.2 Å². The molecule has 0 aromatic rings. The van der Waals surface area contributed by atoms with Crippen molar-refractivity contribution in [1.29, 1.82) is 0 Å². The van der Waals surface area contributed by atoms with Crippen LogP contribution in [0.2, 0.25) is 31.3 Å². The van der Waals surface area contributed by atoms with E-state index in [1.54, 1.807) is 0 Å². The van der Waals surface area contributed by atoms with Crippen molar-refractivity contribution in [2.24, 2.45) is 0 Å². The quantitative estimate of drug-likeness (QED) is 0.210. The summed E-state index contributed by atoms with van der Waals surface area (Å²) < 4.78 is 0. The SMILES string of the molecule is CC[As](CC)CC.CC[As](CC)CC.O=[C-]Cl.O=[C-]Cl.O=[C-]Cl.[Rh+3]. The molecule has 0 amide bonds. The zero-order chi connectivity index (χ0) is 19.5. The Labute approximate surface area is 186 Å². The van der Waals surface area contributed by atoms with Gasteiger partial charge in [0.05, 0.1) is 0 Å². The molecule has 0 bridgehead atoms. The van der Waals surface area contributed by atoms with E-state index in [1.165, 1.54) is 31.3 Å². The van der Waals surface area contributed by atoms with Crippen molar-refractivity contribution in [3.63, 3.8) is 0 Å². The molecule has 0 saturated carbocycles. The molecule has 9 heteroatoms. The van der Waals surface area contributed by atoms with Crippen LogP contribution in [0.15, 0.2) is 0 Å². The van der Waals surface area contributed by atoms with Gasteiger partial charge in [0.1, 0.15) is 0 Å². The summed E-state index contributed by atoms with van der Waals surface area (Å²) in [6, 6.07) is 0. The Morgan fingerprint density at radius 3 is 0.625 bits per heavy atom. The molecule has 148 valence electrons. The summed E-state index contributed by atoms with van der Waals surface area (Å²) in [5.74, 6) is 2.92. The van der Waals surface area contributed by atoms with Crippen molar-refractivity contribution >= 4 is 81.3 Å². The van der Waals surface area contributed by atoms with E-state index >= 15 is 0 Å². The van der Waals surface area contributed by atoms with Crippen molar-refractivity contribution in [2.75, 3.05) is 0 Å². The van der Waals surface area contributed by atoms with E-state index in [0.29, 0.717) is 0 Å². The molecular weight excluding hydrogens is 587 g/mol. The third kappa shape index (κ3) is 65.1. The predicted molar refractivity (Wildman–Crippen MR) is 109 cm³/mol. The van der Waals surface area contributed by atoms with E-state index in [9.17, 15) is 0 Å². The molecule has 0 aromatic carbocycles. The first-order valence-electron chi connectivity index (χ1n) is 7.32. The average molecular weight is 618 g/mol. The van der Waals surface area contributed by atoms with Gasteiger partial charge in [-0.05, 0) is 0 Å². The van der Waals surface area contributed by atoms with E-state index in [1.807, 2.05) is 0 Å². The van der Waals surface area contributed by atoms with Crippen molar-refractivity contribution in [2.45, 2.75) is 72.8 Å². The zero-order valence-electron chi connectivity index (χ0n) is 15.3. The first-order chi connectivity index (χ1) is 10.9. The van der Waals surface area contributed by atoms with Gasteiger partial charge in [-0.1, -0.05) is 0 Å². The van der Waals surface area contributed by atoms with Crippen molar-refractivity contribution in [3.8, 4) is 0 Å². The normalized spacial score (nSPS) is 7.62. The van der Waals surface area contributed by atoms with Gasteiger partial charge in [-0.15, -0.1) is 0 Å². The molecule has 0 rings (SSSR count). The molecule has 0 fully saturated rings. The Kier molecular flexibility index (Phi) is 83.6. The Hall–Kier alpha value is 1.62. The summed E-state index contributed by atoms with van der Waals surface area (Å²) in [5.41, 5.74) is 0. The summed E-state index contributed by atoms with van der Waals surface area (Å²) in [5, 5.41) is 9.00. The molecule has 0 spiro atoms. The number of carbonyl (C=O) groups excluding carboxylic acids is 3. The second-order valence-electron chi connectivity index (χ2n) is 3.47. The molecule has 0 N–H and O–H groups in total. The Morgan fingerprint density at radius 1 is 0.542 bits per heavy atom. The van der Waals surface area contributed by atoms with Gasteiger partial charge in [0.25, 0.3) is 0 Å². The summed E-state index contributed by atoms with van der Waals surface area (Å²) in [7, 11) is 0. The van der Waals surface area contributed by atoms with Gasteiger partial charge in [0, 0.05) is 0 Å². The van der Waals surface area contributed by atoms with E-state index < -0.39 is 0 Å². The summed E-state index contributed by atoms with van der Waals surface area (Å²) in [4.78, 5) is 25.3. The van der Waals surface area contributed by atoms with Crippen LogP contribution in [0.25, 0.3) is 0 Å². The van der Waals surface area contributed by atoms with Crippen LogP contribution in [0.1, 0.15) is 41.5 Å². The van der Waals surface area contributed by atoms with Crippen LogP contribution < -0.4 is 0 Å². The minimum absolute atomic E-state index is 0. The molecule has 24 heavy (non-hydrogen) atoms. The molecule has 0 heterocycles. The number of hydrogen-bond acceptors (Lipinski definition) is 3. The smallest absolute Gasteiger partial charge is 0.525 e. The maximum Gasteiger partial charge on any atom is 3.00 e. The molecule has 0 radical (unpaired) electrons. The standard InChI is InChI=1S/2C6H15As.3CClO.Rh/c2*1-4-7(5-2)6-3;3*2-1-3;/h2*4-6H2,1-3H3;;;;/q;;3*-1;+3. The minimum atomic E-state index is -0.229. The second-order valence-corrected chi connectivity index (χ2v) is 17.5.